The third-order valence-corrected chi connectivity index (χ3v) is 4.42. The largest absolute Gasteiger partial charge is 0.458 e. The van der Waals surface area contributed by atoms with Gasteiger partial charge in [0.25, 0.3) is 0 Å². The summed E-state index contributed by atoms with van der Waals surface area (Å²) in [6, 6.07) is 3.60. The lowest BCUT2D eigenvalue weighted by Crippen LogP contribution is -2.38. The van der Waals surface area contributed by atoms with Gasteiger partial charge in [0.05, 0.1) is 11.6 Å². The Kier molecular flexibility index (Phi) is 4.92. The van der Waals surface area contributed by atoms with Gasteiger partial charge in [-0.15, -0.1) is 0 Å². The Morgan fingerprint density at radius 1 is 1.42 bits per heavy atom. The summed E-state index contributed by atoms with van der Waals surface area (Å²) in [6.45, 7) is 5.53. The van der Waals surface area contributed by atoms with Gasteiger partial charge in [0.2, 0.25) is 0 Å². The Labute approximate surface area is 155 Å². The normalized spacial score (nSPS) is 17.0. The van der Waals surface area contributed by atoms with Crippen molar-refractivity contribution in [1.29, 1.82) is 0 Å². The molecule has 0 aliphatic carbocycles. The zero-order chi connectivity index (χ0) is 19.1. The highest BCUT2D eigenvalue weighted by atomic mass is 35.5. The Balaban J connectivity index is 1.91. The zero-order valence-electron chi connectivity index (χ0n) is 15.0. The van der Waals surface area contributed by atoms with Gasteiger partial charge in [-0.25, -0.2) is 18.7 Å². The molecule has 8 heteroatoms. The number of fused-ring (bicyclic) bond motifs is 1. The Morgan fingerprint density at radius 3 is 2.81 bits per heavy atom. The predicted molar refractivity (Wildman–Crippen MR) is 94.8 cm³/mol. The highest BCUT2D eigenvalue weighted by molar-refractivity contribution is 6.30. The molecule has 1 aromatic carbocycles. The maximum Gasteiger partial charge on any atom is 0.347 e. The quantitative estimate of drug-likeness (QED) is 0.766. The number of ether oxygens (including phenoxy) is 1. The highest BCUT2D eigenvalue weighted by Gasteiger charge is 2.33. The monoisotopic (exact) mass is 381 g/mol. The second-order valence-corrected chi connectivity index (χ2v) is 7.82. The van der Waals surface area contributed by atoms with E-state index in [2.05, 4.69) is 5.10 Å². The highest BCUT2D eigenvalue weighted by Crippen LogP contribution is 2.25. The third-order valence-electron chi connectivity index (χ3n) is 4.13. The molecule has 0 spiro atoms. The van der Waals surface area contributed by atoms with Crippen molar-refractivity contribution in [3.8, 4) is 0 Å². The van der Waals surface area contributed by atoms with Crippen LogP contribution >= 0.6 is 11.6 Å². The molecule has 0 saturated heterocycles. The van der Waals surface area contributed by atoms with Crippen molar-refractivity contribution in [3.63, 3.8) is 0 Å². The van der Waals surface area contributed by atoms with Crippen molar-refractivity contribution >= 4 is 17.6 Å². The summed E-state index contributed by atoms with van der Waals surface area (Å²) in [4.78, 5) is 25.3. The van der Waals surface area contributed by atoms with Crippen LogP contribution in [0.5, 0.6) is 0 Å². The molecule has 2 aromatic rings. The summed E-state index contributed by atoms with van der Waals surface area (Å²) in [7, 11) is 0. The third kappa shape index (κ3) is 3.82. The van der Waals surface area contributed by atoms with Crippen LogP contribution in [0.25, 0.3) is 0 Å². The molecular formula is C18H21ClFN3O3. The first-order valence-corrected chi connectivity index (χ1v) is 8.88. The number of carbonyl (C=O) groups excluding carboxylic acids is 1. The standard InChI is InChI=1S/C18H21ClFN3O3/c1-18(2,3)26-16(24)14-5-4-6-15-21-22(17(25)23(14)15)10-11-7-8-13(20)12(19)9-11/h7-9,14H,4-6,10H2,1-3H3/t14-/m0/s1. The molecule has 26 heavy (non-hydrogen) atoms. The van der Waals surface area contributed by atoms with Crippen molar-refractivity contribution < 1.29 is 13.9 Å². The van der Waals surface area contributed by atoms with Crippen LogP contribution in [0, 0.1) is 5.82 Å². The number of benzene rings is 1. The lowest BCUT2D eigenvalue weighted by atomic mass is 10.0. The van der Waals surface area contributed by atoms with Crippen molar-refractivity contribution in [2.24, 2.45) is 0 Å². The van der Waals surface area contributed by atoms with Crippen LogP contribution in [-0.2, 0) is 22.5 Å². The molecule has 0 bridgehead atoms. The van der Waals surface area contributed by atoms with E-state index in [1.807, 2.05) is 0 Å². The van der Waals surface area contributed by atoms with E-state index in [0.29, 0.717) is 24.2 Å². The average molecular weight is 382 g/mol. The number of hydrogen-bond donors (Lipinski definition) is 0. The average Bonchev–Trinajstić information content (AvgIpc) is 2.85. The van der Waals surface area contributed by atoms with Gasteiger partial charge in [-0.05, 0) is 51.3 Å². The van der Waals surface area contributed by atoms with Crippen molar-refractivity contribution in [2.45, 2.75) is 58.2 Å². The summed E-state index contributed by atoms with van der Waals surface area (Å²) in [6.07, 6.45) is 1.91. The molecule has 1 aliphatic heterocycles. The van der Waals surface area contributed by atoms with Crippen LogP contribution < -0.4 is 5.69 Å². The number of aromatic nitrogens is 3. The lowest BCUT2D eigenvalue weighted by Gasteiger charge is -2.26. The van der Waals surface area contributed by atoms with Crippen molar-refractivity contribution in [3.05, 3.63) is 50.9 Å². The molecule has 0 N–H and O–H groups in total. The number of halogens is 2. The van der Waals surface area contributed by atoms with Gasteiger partial charge in [0.15, 0.2) is 0 Å². The smallest absolute Gasteiger partial charge is 0.347 e. The van der Waals surface area contributed by atoms with Gasteiger partial charge in [0, 0.05) is 6.42 Å². The summed E-state index contributed by atoms with van der Waals surface area (Å²) >= 11 is 5.80. The van der Waals surface area contributed by atoms with E-state index in [0.717, 1.165) is 6.42 Å². The van der Waals surface area contributed by atoms with Gasteiger partial charge in [-0.3, -0.25) is 4.57 Å². The van der Waals surface area contributed by atoms with E-state index >= 15 is 0 Å². The topological polar surface area (TPSA) is 66.1 Å². The molecule has 1 aliphatic rings. The minimum absolute atomic E-state index is 0.00819. The number of esters is 1. The molecule has 0 saturated carbocycles. The summed E-state index contributed by atoms with van der Waals surface area (Å²) in [5.41, 5.74) is -0.349. The van der Waals surface area contributed by atoms with Gasteiger partial charge >= 0.3 is 11.7 Å². The van der Waals surface area contributed by atoms with Gasteiger partial charge in [-0.1, -0.05) is 17.7 Å². The first-order valence-electron chi connectivity index (χ1n) is 8.51. The predicted octanol–water partition coefficient (Wildman–Crippen LogP) is 3.10. The fourth-order valence-electron chi connectivity index (χ4n) is 3.04. The summed E-state index contributed by atoms with van der Waals surface area (Å²) in [5, 5.41) is 4.34. The molecule has 0 fully saturated rings. The summed E-state index contributed by atoms with van der Waals surface area (Å²) < 4.78 is 21.5. The second kappa shape index (κ2) is 6.87. The van der Waals surface area contributed by atoms with Crippen LogP contribution in [0.15, 0.2) is 23.0 Å². The van der Waals surface area contributed by atoms with Crippen molar-refractivity contribution in [1.82, 2.24) is 14.3 Å². The molecule has 0 unspecified atom stereocenters. The van der Waals surface area contributed by atoms with Gasteiger partial charge in [-0.2, -0.15) is 5.10 Å². The Bertz CT molecular complexity index is 898. The minimum Gasteiger partial charge on any atom is -0.458 e. The summed E-state index contributed by atoms with van der Waals surface area (Å²) in [5.74, 6) is -0.382. The van der Waals surface area contributed by atoms with Crippen LogP contribution in [0.3, 0.4) is 0 Å². The molecule has 140 valence electrons. The van der Waals surface area contributed by atoms with E-state index < -0.39 is 23.4 Å². The Hall–Kier alpha value is -2.15. The van der Waals surface area contributed by atoms with Crippen LogP contribution in [0.4, 0.5) is 4.39 Å². The number of aryl methyl sites for hydroxylation is 1. The first kappa shape index (κ1) is 18.6. The fraction of sp³-hybridized carbons (Fsp3) is 0.500. The molecule has 0 radical (unpaired) electrons. The van der Waals surface area contributed by atoms with Gasteiger partial charge < -0.3 is 4.74 Å². The zero-order valence-corrected chi connectivity index (χ0v) is 15.7. The lowest BCUT2D eigenvalue weighted by molar-refractivity contribution is -0.159. The maximum absolute atomic E-state index is 13.3. The number of rotatable bonds is 3. The second-order valence-electron chi connectivity index (χ2n) is 7.42. The van der Waals surface area contributed by atoms with E-state index in [4.69, 9.17) is 16.3 Å². The molecule has 2 heterocycles. The maximum atomic E-state index is 13.3. The molecule has 1 atom stereocenters. The van der Waals surface area contributed by atoms with E-state index in [1.165, 1.54) is 21.4 Å². The van der Waals surface area contributed by atoms with Crippen molar-refractivity contribution in [2.75, 3.05) is 0 Å². The van der Waals surface area contributed by atoms with E-state index in [-0.39, 0.29) is 17.3 Å². The minimum atomic E-state index is -0.670. The molecule has 6 nitrogen and oxygen atoms in total. The fourth-order valence-corrected chi connectivity index (χ4v) is 3.24. The molecule has 0 amide bonds. The number of nitrogens with zero attached hydrogens (tertiary/aromatic N) is 3. The van der Waals surface area contributed by atoms with E-state index in [9.17, 15) is 14.0 Å². The Morgan fingerprint density at radius 2 is 2.15 bits per heavy atom. The molecular weight excluding hydrogens is 361 g/mol. The molecule has 1 aromatic heterocycles. The van der Waals surface area contributed by atoms with Crippen LogP contribution in [-0.4, -0.2) is 25.9 Å². The van der Waals surface area contributed by atoms with Gasteiger partial charge in [0.1, 0.15) is 23.3 Å². The first-order chi connectivity index (χ1) is 12.2. The van der Waals surface area contributed by atoms with Crippen LogP contribution in [0.2, 0.25) is 5.02 Å². The van der Waals surface area contributed by atoms with E-state index in [1.54, 1.807) is 26.8 Å². The number of hydrogen-bond acceptors (Lipinski definition) is 4. The molecule has 3 rings (SSSR count). The SMILES string of the molecule is CC(C)(C)OC(=O)[C@@H]1CCCc2nn(Cc3ccc(F)c(Cl)c3)c(=O)n21. The number of carbonyl (C=O) groups is 1. The van der Waals surface area contributed by atoms with Crippen LogP contribution in [0.1, 0.15) is 51.0 Å².